The van der Waals surface area contributed by atoms with E-state index in [0.717, 1.165) is 32.4 Å². The van der Waals surface area contributed by atoms with Crippen molar-refractivity contribution in [2.75, 3.05) is 20.1 Å². The van der Waals surface area contributed by atoms with E-state index in [1.807, 2.05) is 37.1 Å². The Balaban J connectivity index is 0.00000200. The molecule has 1 unspecified atom stereocenters. The van der Waals surface area contributed by atoms with Crippen LogP contribution in [0.3, 0.4) is 0 Å². The molecule has 1 fully saturated rings. The number of nitrogens with zero attached hydrogens (tertiary/aromatic N) is 1. The molecule has 1 heterocycles. The molecule has 0 spiro atoms. The van der Waals surface area contributed by atoms with Gasteiger partial charge >= 0.3 is 0 Å². The molecule has 4 heteroatoms. The first-order valence-corrected chi connectivity index (χ1v) is 7.16. The smallest absolute Gasteiger partial charge is 0.242 e. The van der Waals surface area contributed by atoms with Crippen LogP contribution in [0.4, 0.5) is 0 Å². The van der Waals surface area contributed by atoms with E-state index in [-0.39, 0.29) is 23.9 Å². The topological polar surface area (TPSA) is 32.3 Å². The summed E-state index contributed by atoms with van der Waals surface area (Å²) >= 11 is 0. The number of carbonyl (C=O) groups excluding carboxylic acids is 1. The molecule has 0 saturated carbocycles. The lowest BCUT2D eigenvalue weighted by atomic mass is 9.89. The van der Waals surface area contributed by atoms with Crippen molar-refractivity contribution in [1.82, 2.24) is 10.2 Å². The SMILES string of the molecule is CN(CCc1ccccc1)C(=O)C1(C)CCCCN1.Cl. The summed E-state index contributed by atoms with van der Waals surface area (Å²) in [6.07, 6.45) is 4.18. The van der Waals surface area contributed by atoms with Crippen molar-refractivity contribution in [3.63, 3.8) is 0 Å². The molecule has 1 aromatic carbocycles. The molecule has 1 atom stereocenters. The molecule has 1 aliphatic rings. The molecular weight excluding hydrogens is 272 g/mol. The maximum Gasteiger partial charge on any atom is 0.242 e. The monoisotopic (exact) mass is 296 g/mol. The normalized spacial score (nSPS) is 21.9. The number of rotatable bonds is 4. The highest BCUT2D eigenvalue weighted by atomic mass is 35.5. The van der Waals surface area contributed by atoms with Crippen LogP contribution in [0.1, 0.15) is 31.7 Å². The highest BCUT2D eigenvalue weighted by molar-refractivity contribution is 5.86. The molecule has 1 N–H and O–H groups in total. The van der Waals surface area contributed by atoms with Crippen LogP contribution in [-0.2, 0) is 11.2 Å². The van der Waals surface area contributed by atoms with Crippen LogP contribution in [-0.4, -0.2) is 36.5 Å². The third kappa shape index (κ3) is 4.22. The molecule has 112 valence electrons. The van der Waals surface area contributed by atoms with Gasteiger partial charge in [0.05, 0.1) is 5.54 Å². The molecule has 0 radical (unpaired) electrons. The Morgan fingerprint density at radius 2 is 2.00 bits per heavy atom. The largest absolute Gasteiger partial charge is 0.344 e. The van der Waals surface area contributed by atoms with Gasteiger partial charge in [-0.3, -0.25) is 4.79 Å². The number of likely N-dealkylation sites (N-methyl/N-ethyl adjacent to an activating group) is 1. The van der Waals surface area contributed by atoms with Gasteiger partial charge in [0.15, 0.2) is 0 Å². The Morgan fingerprint density at radius 1 is 1.30 bits per heavy atom. The minimum absolute atomic E-state index is 0. The van der Waals surface area contributed by atoms with Gasteiger partial charge in [-0.05, 0) is 44.7 Å². The van der Waals surface area contributed by atoms with E-state index in [2.05, 4.69) is 17.4 Å². The Bertz CT molecular complexity index is 416. The minimum atomic E-state index is -0.357. The predicted molar refractivity (Wildman–Crippen MR) is 85.3 cm³/mol. The first kappa shape index (κ1) is 17.0. The van der Waals surface area contributed by atoms with E-state index in [0.29, 0.717) is 0 Å². The predicted octanol–water partition coefficient (Wildman–Crippen LogP) is 2.64. The van der Waals surface area contributed by atoms with E-state index in [1.165, 1.54) is 12.0 Å². The van der Waals surface area contributed by atoms with Gasteiger partial charge < -0.3 is 10.2 Å². The summed E-state index contributed by atoms with van der Waals surface area (Å²) in [4.78, 5) is 14.4. The lowest BCUT2D eigenvalue weighted by Gasteiger charge is -2.36. The average Bonchev–Trinajstić information content (AvgIpc) is 2.46. The third-order valence-corrected chi connectivity index (χ3v) is 4.02. The number of carbonyl (C=O) groups is 1. The summed E-state index contributed by atoms with van der Waals surface area (Å²) < 4.78 is 0. The number of benzene rings is 1. The van der Waals surface area contributed by atoms with Crippen LogP contribution in [0, 0.1) is 0 Å². The summed E-state index contributed by atoms with van der Waals surface area (Å²) in [5, 5.41) is 3.38. The lowest BCUT2D eigenvalue weighted by Crippen LogP contribution is -2.57. The zero-order valence-electron chi connectivity index (χ0n) is 12.4. The second-order valence-corrected chi connectivity index (χ2v) is 5.68. The summed E-state index contributed by atoms with van der Waals surface area (Å²) in [6.45, 7) is 3.77. The number of piperidine rings is 1. The van der Waals surface area contributed by atoms with Gasteiger partial charge in [-0.15, -0.1) is 12.4 Å². The van der Waals surface area contributed by atoms with Gasteiger partial charge in [0, 0.05) is 13.6 Å². The van der Waals surface area contributed by atoms with Crippen molar-refractivity contribution in [3.05, 3.63) is 35.9 Å². The molecule has 0 aliphatic carbocycles. The molecule has 1 amide bonds. The van der Waals surface area contributed by atoms with Crippen LogP contribution in [0.2, 0.25) is 0 Å². The first-order valence-electron chi connectivity index (χ1n) is 7.16. The van der Waals surface area contributed by atoms with Crippen LogP contribution in [0.25, 0.3) is 0 Å². The summed E-state index contributed by atoms with van der Waals surface area (Å²) in [6, 6.07) is 10.3. The van der Waals surface area contributed by atoms with E-state index < -0.39 is 0 Å². The first-order chi connectivity index (χ1) is 9.12. The highest BCUT2D eigenvalue weighted by Gasteiger charge is 2.36. The number of hydrogen-bond acceptors (Lipinski definition) is 2. The Hall–Kier alpha value is -1.06. The highest BCUT2D eigenvalue weighted by Crippen LogP contribution is 2.20. The third-order valence-electron chi connectivity index (χ3n) is 4.02. The van der Waals surface area contributed by atoms with Crippen molar-refractivity contribution in [1.29, 1.82) is 0 Å². The van der Waals surface area contributed by atoms with Crippen molar-refractivity contribution in [2.45, 2.75) is 38.1 Å². The number of amides is 1. The quantitative estimate of drug-likeness (QED) is 0.926. The molecule has 1 aliphatic heterocycles. The van der Waals surface area contributed by atoms with E-state index in [4.69, 9.17) is 0 Å². The van der Waals surface area contributed by atoms with Crippen molar-refractivity contribution in [3.8, 4) is 0 Å². The van der Waals surface area contributed by atoms with Crippen molar-refractivity contribution >= 4 is 18.3 Å². The van der Waals surface area contributed by atoms with Gasteiger partial charge in [0.2, 0.25) is 5.91 Å². The van der Waals surface area contributed by atoms with E-state index in [9.17, 15) is 4.79 Å². The second kappa shape index (κ2) is 7.65. The van der Waals surface area contributed by atoms with Gasteiger partial charge in [-0.25, -0.2) is 0 Å². The fraction of sp³-hybridized carbons (Fsp3) is 0.562. The maximum absolute atomic E-state index is 12.5. The fourth-order valence-electron chi connectivity index (χ4n) is 2.70. The fourth-order valence-corrected chi connectivity index (χ4v) is 2.70. The van der Waals surface area contributed by atoms with E-state index >= 15 is 0 Å². The van der Waals surface area contributed by atoms with Gasteiger partial charge in [0.25, 0.3) is 0 Å². The molecule has 0 bridgehead atoms. The van der Waals surface area contributed by atoms with Crippen LogP contribution >= 0.6 is 12.4 Å². The van der Waals surface area contributed by atoms with Gasteiger partial charge in [0.1, 0.15) is 0 Å². The van der Waals surface area contributed by atoms with Crippen molar-refractivity contribution < 1.29 is 4.79 Å². The minimum Gasteiger partial charge on any atom is -0.344 e. The Labute approximate surface area is 128 Å². The van der Waals surface area contributed by atoms with Crippen LogP contribution in [0.15, 0.2) is 30.3 Å². The number of hydrogen-bond donors (Lipinski definition) is 1. The molecule has 3 nitrogen and oxygen atoms in total. The van der Waals surface area contributed by atoms with Crippen molar-refractivity contribution in [2.24, 2.45) is 0 Å². The molecule has 2 rings (SSSR count). The molecular formula is C16H25ClN2O. The maximum atomic E-state index is 12.5. The van der Waals surface area contributed by atoms with Gasteiger partial charge in [-0.1, -0.05) is 30.3 Å². The molecule has 20 heavy (non-hydrogen) atoms. The molecule has 1 aromatic rings. The number of nitrogens with one attached hydrogen (secondary N) is 1. The van der Waals surface area contributed by atoms with Gasteiger partial charge in [-0.2, -0.15) is 0 Å². The zero-order chi connectivity index (χ0) is 13.7. The summed E-state index contributed by atoms with van der Waals surface area (Å²) in [5.74, 6) is 0.225. The second-order valence-electron chi connectivity index (χ2n) is 5.68. The average molecular weight is 297 g/mol. The molecule has 0 aromatic heterocycles. The Morgan fingerprint density at radius 3 is 2.60 bits per heavy atom. The Kier molecular flexibility index (Phi) is 6.50. The molecule has 1 saturated heterocycles. The standard InChI is InChI=1S/C16H24N2O.ClH/c1-16(11-6-7-12-17-16)15(19)18(2)13-10-14-8-4-3-5-9-14;/h3-5,8-9,17H,6-7,10-13H2,1-2H3;1H. The zero-order valence-corrected chi connectivity index (χ0v) is 13.2. The van der Waals surface area contributed by atoms with E-state index in [1.54, 1.807) is 0 Å². The van der Waals surface area contributed by atoms with Crippen LogP contribution < -0.4 is 5.32 Å². The summed E-state index contributed by atoms with van der Waals surface area (Å²) in [5.41, 5.74) is 0.924. The van der Waals surface area contributed by atoms with Crippen LogP contribution in [0.5, 0.6) is 0 Å². The lowest BCUT2D eigenvalue weighted by molar-refractivity contribution is -0.137. The number of halogens is 1. The summed E-state index contributed by atoms with van der Waals surface area (Å²) in [7, 11) is 1.91.